The van der Waals surface area contributed by atoms with Crippen molar-refractivity contribution in [1.29, 1.82) is 0 Å². The summed E-state index contributed by atoms with van der Waals surface area (Å²) in [6.07, 6.45) is 3.01. The van der Waals surface area contributed by atoms with Gasteiger partial charge in [0.15, 0.2) is 0 Å². The molecule has 2 aromatic heterocycles. The van der Waals surface area contributed by atoms with Gasteiger partial charge in [-0.3, -0.25) is 14.5 Å². The lowest BCUT2D eigenvalue weighted by atomic mass is 10.1. The zero-order valence-electron chi connectivity index (χ0n) is 21.5. The fraction of sp³-hybridized carbons (Fsp3) is 0.600. The highest BCUT2D eigenvalue weighted by molar-refractivity contribution is 7.91. The highest BCUT2D eigenvalue weighted by Gasteiger charge is 2.36. The van der Waals surface area contributed by atoms with Crippen LogP contribution in [0.4, 0.5) is 0 Å². The molecule has 208 valence electrons. The Morgan fingerprint density at radius 2 is 1.71 bits per heavy atom. The Morgan fingerprint density at radius 1 is 1.00 bits per heavy atom. The molecule has 38 heavy (non-hydrogen) atoms. The topological polar surface area (TPSA) is 93.3 Å². The van der Waals surface area contributed by atoms with Crippen LogP contribution in [0.2, 0.25) is 4.34 Å². The van der Waals surface area contributed by atoms with Crippen molar-refractivity contribution in [3.8, 4) is 9.75 Å². The molecule has 3 saturated heterocycles. The second-order valence-corrected chi connectivity index (χ2v) is 15.0. The summed E-state index contributed by atoms with van der Waals surface area (Å²) in [4.78, 5) is 36.4. The van der Waals surface area contributed by atoms with E-state index in [0.717, 1.165) is 66.7 Å². The molecular formula is C25H34ClN5O4S3. The summed E-state index contributed by atoms with van der Waals surface area (Å²) in [5.74, 6) is -0.374. The quantitative estimate of drug-likeness (QED) is 0.502. The summed E-state index contributed by atoms with van der Waals surface area (Å²) in [6.45, 7) is 6.13. The third-order valence-corrected chi connectivity index (χ3v) is 12.1. The molecule has 0 unspecified atom stereocenters. The summed E-state index contributed by atoms with van der Waals surface area (Å²) in [7, 11) is -1.75. The number of piperazine rings is 1. The van der Waals surface area contributed by atoms with Crippen molar-refractivity contribution < 1.29 is 18.0 Å². The number of nitrogens with one attached hydrogen (secondary N) is 1. The van der Waals surface area contributed by atoms with Gasteiger partial charge in [-0.1, -0.05) is 11.6 Å². The van der Waals surface area contributed by atoms with Crippen molar-refractivity contribution in [3.63, 3.8) is 0 Å². The van der Waals surface area contributed by atoms with Gasteiger partial charge in [0.05, 0.1) is 10.9 Å². The Kier molecular flexibility index (Phi) is 8.78. The standard InChI is InChI=1S/C25H34ClN5O4S3/c1-28-12-14-29(15-13-28)16-18-4-2-11-31(18)23(32)17-30-10-3-5-19(25(30)33)27-38(34,35)24-9-7-21(37-24)20-6-8-22(26)36-20/h6-9,18-19,27H,2-5,10-17H2,1H3/t18-,19-/m0/s1. The summed E-state index contributed by atoms with van der Waals surface area (Å²) in [5, 5.41) is 0. The number of likely N-dealkylation sites (tertiary alicyclic amines) is 2. The number of hydrogen-bond donors (Lipinski definition) is 1. The minimum Gasteiger partial charge on any atom is -0.337 e. The number of piperidine rings is 1. The number of carbonyl (C=O) groups is 2. The van der Waals surface area contributed by atoms with Gasteiger partial charge in [0.1, 0.15) is 10.3 Å². The number of thiophene rings is 2. The molecule has 5 heterocycles. The highest BCUT2D eigenvalue weighted by atomic mass is 35.5. The SMILES string of the molecule is CN1CCN(C[C@@H]2CCCN2C(=O)CN2CCC[C@H](NS(=O)(=O)c3ccc(-c4ccc(Cl)s4)s3)C2=O)CC1. The Hall–Kier alpha value is -1.54. The number of likely N-dealkylation sites (N-methyl/N-ethyl adjacent to an activating group) is 1. The van der Waals surface area contributed by atoms with Crippen LogP contribution in [0, 0.1) is 0 Å². The Bertz CT molecular complexity index is 1260. The molecule has 0 aromatic carbocycles. The average molecular weight is 600 g/mol. The van der Waals surface area contributed by atoms with E-state index in [1.807, 2.05) is 11.0 Å². The van der Waals surface area contributed by atoms with E-state index in [1.54, 1.807) is 18.2 Å². The first kappa shape index (κ1) is 28.0. The summed E-state index contributed by atoms with van der Waals surface area (Å²) in [6, 6.07) is 6.25. The smallest absolute Gasteiger partial charge is 0.250 e. The molecule has 3 aliphatic heterocycles. The van der Waals surface area contributed by atoms with Gasteiger partial charge in [0.2, 0.25) is 11.8 Å². The third-order valence-electron chi connectivity index (χ3n) is 7.58. The van der Waals surface area contributed by atoms with Crippen LogP contribution in [0.3, 0.4) is 0 Å². The minimum atomic E-state index is -3.88. The molecule has 0 aliphatic carbocycles. The maximum atomic E-state index is 13.3. The molecule has 3 aliphatic rings. The van der Waals surface area contributed by atoms with Crippen LogP contribution in [0.5, 0.6) is 0 Å². The predicted octanol–water partition coefficient (Wildman–Crippen LogP) is 2.64. The lowest BCUT2D eigenvalue weighted by Gasteiger charge is -2.37. The van der Waals surface area contributed by atoms with E-state index in [4.69, 9.17) is 11.6 Å². The fourth-order valence-corrected chi connectivity index (χ4v) is 9.11. The number of sulfonamides is 1. The number of carbonyl (C=O) groups excluding carboxylic acids is 2. The van der Waals surface area contributed by atoms with E-state index in [9.17, 15) is 18.0 Å². The van der Waals surface area contributed by atoms with Gasteiger partial charge in [-0.25, -0.2) is 8.42 Å². The van der Waals surface area contributed by atoms with E-state index in [-0.39, 0.29) is 28.6 Å². The molecular weight excluding hydrogens is 566 g/mol. The van der Waals surface area contributed by atoms with Gasteiger partial charge in [-0.05, 0) is 57.0 Å². The van der Waals surface area contributed by atoms with Crippen LogP contribution in [-0.2, 0) is 19.6 Å². The van der Waals surface area contributed by atoms with E-state index in [2.05, 4.69) is 21.6 Å². The molecule has 2 amide bonds. The number of amides is 2. The van der Waals surface area contributed by atoms with Gasteiger partial charge in [0.25, 0.3) is 10.0 Å². The van der Waals surface area contributed by atoms with Crippen LogP contribution in [0.1, 0.15) is 25.7 Å². The van der Waals surface area contributed by atoms with Crippen LogP contribution < -0.4 is 4.72 Å². The number of nitrogens with zero attached hydrogens (tertiary/aromatic N) is 4. The molecule has 0 saturated carbocycles. The lowest BCUT2D eigenvalue weighted by molar-refractivity contribution is -0.143. The van der Waals surface area contributed by atoms with Crippen LogP contribution in [0.25, 0.3) is 9.75 Å². The Morgan fingerprint density at radius 3 is 2.45 bits per heavy atom. The Labute approximate surface area is 237 Å². The molecule has 3 fully saturated rings. The van der Waals surface area contributed by atoms with E-state index < -0.39 is 16.1 Å². The second-order valence-electron chi connectivity index (χ2n) is 10.3. The molecule has 2 aromatic rings. The maximum absolute atomic E-state index is 13.3. The summed E-state index contributed by atoms with van der Waals surface area (Å²) < 4.78 is 29.6. The first-order valence-electron chi connectivity index (χ1n) is 13.1. The number of halogens is 1. The largest absolute Gasteiger partial charge is 0.337 e. The van der Waals surface area contributed by atoms with Gasteiger partial charge >= 0.3 is 0 Å². The predicted molar refractivity (Wildman–Crippen MR) is 151 cm³/mol. The van der Waals surface area contributed by atoms with Gasteiger partial charge in [-0.2, -0.15) is 4.72 Å². The molecule has 0 spiro atoms. The number of rotatable bonds is 8. The van der Waals surface area contributed by atoms with Crippen molar-refractivity contribution >= 4 is 56.1 Å². The monoisotopic (exact) mass is 599 g/mol. The Balaban J connectivity index is 1.18. The normalized spacial score (nSPS) is 23.9. The molecule has 1 N–H and O–H groups in total. The molecule has 0 bridgehead atoms. The van der Waals surface area contributed by atoms with Crippen molar-refractivity contribution in [2.24, 2.45) is 0 Å². The zero-order valence-corrected chi connectivity index (χ0v) is 24.7. The molecule has 13 heteroatoms. The highest BCUT2D eigenvalue weighted by Crippen LogP contribution is 2.37. The fourth-order valence-electron chi connectivity index (χ4n) is 5.43. The maximum Gasteiger partial charge on any atom is 0.250 e. The summed E-state index contributed by atoms with van der Waals surface area (Å²) >= 11 is 8.55. The van der Waals surface area contributed by atoms with Crippen molar-refractivity contribution in [1.82, 2.24) is 24.3 Å². The van der Waals surface area contributed by atoms with Crippen molar-refractivity contribution in [3.05, 3.63) is 28.6 Å². The zero-order chi connectivity index (χ0) is 26.9. The van der Waals surface area contributed by atoms with Crippen molar-refractivity contribution in [2.45, 2.75) is 42.0 Å². The van der Waals surface area contributed by atoms with E-state index in [0.29, 0.717) is 30.3 Å². The third kappa shape index (κ3) is 6.43. The molecule has 0 radical (unpaired) electrons. The van der Waals surface area contributed by atoms with Crippen LogP contribution in [0.15, 0.2) is 28.5 Å². The second kappa shape index (κ2) is 11.9. The average Bonchev–Trinajstić information content (AvgIpc) is 3.64. The van der Waals surface area contributed by atoms with Crippen LogP contribution in [-0.4, -0.2) is 111 Å². The van der Waals surface area contributed by atoms with E-state index >= 15 is 0 Å². The molecule has 9 nitrogen and oxygen atoms in total. The first-order valence-corrected chi connectivity index (χ1v) is 16.6. The van der Waals surface area contributed by atoms with Gasteiger partial charge in [0, 0.05) is 61.6 Å². The number of hydrogen-bond acceptors (Lipinski definition) is 8. The van der Waals surface area contributed by atoms with Crippen molar-refractivity contribution in [2.75, 3.05) is 59.4 Å². The molecule has 2 atom stereocenters. The van der Waals surface area contributed by atoms with Gasteiger partial charge in [-0.15, -0.1) is 22.7 Å². The summed E-state index contributed by atoms with van der Waals surface area (Å²) in [5.41, 5.74) is 0. The van der Waals surface area contributed by atoms with E-state index in [1.165, 1.54) is 16.2 Å². The minimum absolute atomic E-state index is 0.00140. The molecule has 5 rings (SSSR count). The van der Waals surface area contributed by atoms with Crippen LogP contribution >= 0.6 is 34.3 Å². The van der Waals surface area contributed by atoms with Gasteiger partial charge < -0.3 is 14.7 Å². The first-order chi connectivity index (χ1) is 18.2. The lowest BCUT2D eigenvalue weighted by Crippen LogP contribution is -2.55.